The molecule has 0 atom stereocenters. The van der Waals surface area contributed by atoms with E-state index in [1.807, 2.05) is 0 Å². The standard InChI is InChI=1S/C17H12ClN5O4S/c1-9-8-14(18)20-16(19-9)22-17(28)21-15(24)13-7-6-12(27-13)10-2-4-11(5-3-10)23(25)26/h2-8H,1H3,(H2,19,20,21,22,24,28). The molecule has 2 aromatic heterocycles. The highest BCUT2D eigenvalue weighted by Crippen LogP contribution is 2.24. The summed E-state index contributed by atoms with van der Waals surface area (Å²) in [6, 6.07) is 10.4. The molecule has 2 heterocycles. The summed E-state index contributed by atoms with van der Waals surface area (Å²) in [5, 5.41) is 16.0. The van der Waals surface area contributed by atoms with Crippen molar-refractivity contribution in [2.45, 2.75) is 6.92 Å². The minimum atomic E-state index is -0.579. The molecule has 0 aliphatic rings. The molecule has 0 saturated carbocycles. The van der Waals surface area contributed by atoms with Crippen molar-refractivity contribution in [1.82, 2.24) is 15.3 Å². The number of nitrogens with zero attached hydrogens (tertiary/aromatic N) is 3. The predicted octanol–water partition coefficient (Wildman–Crippen LogP) is 3.73. The molecule has 1 amide bonds. The number of furan rings is 1. The lowest BCUT2D eigenvalue weighted by atomic mass is 10.1. The first kappa shape index (κ1) is 19.4. The molecule has 3 rings (SSSR count). The Labute approximate surface area is 168 Å². The Hall–Kier alpha value is -3.37. The zero-order chi connectivity index (χ0) is 20.3. The maximum Gasteiger partial charge on any atom is 0.293 e. The van der Waals surface area contributed by atoms with E-state index in [1.165, 1.54) is 30.3 Å². The number of carbonyl (C=O) groups excluding carboxylic acids is 1. The quantitative estimate of drug-likeness (QED) is 0.285. The van der Waals surface area contributed by atoms with Gasteiger partial charge >= 0.3 is 0 Å². The van der Waals surface area contributed by atoms with Gasteiger partial charge in [0.25, 0.3) is 11.6 Å². The number of thiocarbonyl (C=S) groups is 1. The second-order valence-corrected chi connectivity index (χ2v) is 6.33. The van der Waals surface area contributed by atoms with E-state index < -0.39 is 10.8 Å². The highest BCUT2D eigenvalue weighted by atomic mass is 35.5. The molecule has 0 radical (unpaired) electrons. The SMILES string of the molecule is Cc1cc(Cl)nc(NC(=S)NC(=O)c2ccc(-c3ccc([N+](=O)[O-])cc3)o2)n1. The van der Waals surface area contributed by atoms with Gasteiger partial charge in [-0.25, -0.2) is 9.97 Å². The van der Waals surface area contributed by atoms with Crippen molar-refractivity contribution >= 4 is 46.5 Å². The van der Waals surface area contributed by atoms with Gasteiger partial charge in [-0.05, 0) is 49.5 Å². The van der Waals surface area contributed by atoms with Crippen molar-refractivity contribution in [1.29, 1.82) is 0 Å². The van der Waals surface area contributed by atoms with Gasteiger partial charge in [-0.15, -0.1) is 0 Å². The minimum absolute atomic E-state index is 0.0145. The number of nitro benzene ring substituents is 1. The normalized spacial score (nSPS) is 10.4. The molecule has 0 aliphatic carbocycles. The third-order valence-electron chi connectivity index (χ3n) is 3.47. The zero-order valence-corrected chi connectivity index (χ0v) is 15.9. The van der Waals surface area contributed by atoms with E-state index in [9.17, 15) is 14.9 Å². The van der Waals surface area contributed by atoms with Gasteiger partial charge in [-0.3, -0.25) is 20.2 Å². The molecule has 11 heteroatoms. The summed E-state index contributed by atoms with van der Waals surface area (Å²) in [6.45, 7) is 1.74. The Kier molecular flexibility index (Phi) is 5.62. The lowest BCUT2D eigenvalue weighted by Gasteiger charge is -2.07. The number of non-ortho nitro benzene ring substituents is 1. The average molecular weight is 418 g/mol. The largest absolute Gasteiger partial charge is 0.451 e. The van der Waals surface area contributed by atoms with Gasteiger partial charge in [-0.2, -0.15) is 0 Å². The van der Waals surface area contributed by atoms with Gasteiger partial charge < -0.3 is 9.73 Å². The average Bonchev–Trinajstić information content (AvgIpc) is 3.11. The lowest BCUT2D eigenvalue weighted by molar-refractivity contribution is -0.384. The molecule has 0 saturated heterocycles. The molecular formula is C17H12ClN5O4S. The van der Waals surface area contributed by atoms with Crippen LogP contribution in [0.2, 0.25) is 5.15 Å². The number of aryl methyl sites for hydroxylation is 1. The summed E-state index contributed by atoms with van der Waals surface area (Å²) >= 11 is 10.9. The first-order chi connectivity index (χ1) is 13.3. The van der Waals surface area contributed by atoms with Crippen LogP contribution in [0, 0.1) is 17.0 Å². The molecule has 0 spiro atoms. The number of rotatable bonds is 4. The van der Waals surface area contributed by atoms with Gasteiger partial charge in [-0.1, -0.05) is 11.6 Å². The van der Waals surface area contributed by atoms with Crippen LogP contribution in [0.1, 0.15) is 16.2 Å². The number of anilines is 1. The summed E-state index contributed by atoms with van der Waals surface area (Å²) in [7, 11) is 0. The smallest absolute Gasteiger partial charge is 0.293 e. The first-order valence-corrected chi connectivity index (χ1v) is 8.58. The molecule has 3 aromatic rings. The van der Waals surface area contributed by atoms with E-state index in [1.54, 1.807) is 19.1 Å². The Morgan fingerprint density at radius 3 is 2.57 bits per heavy atom. The van der Waals surface area contributed by atoms with Crippen LogP contribution < -0.4 is 10.6 Å². The van der Waals surface area contributed by atoms with Gasteiger partial charge in [0.15, 0.2) is 10.9 Å². The molecule has 0 aliphatic heterocycles. The summed E-state index contributed by atoms with van der Waals surface area (Å²) in [4.78, 5) is 30.5. The van der Waals surface area contributed by atoms with Crippen LogP contribution in [-0.4, -0.2) is 25.9 Å². The van der Waals surface area contributed by atoms with Crippen LogP contribution in [0.4, 0.5) is 11.6 Å². The van der Waals surface area contributed by atoms with E-state index in [0.717, 1.165) is 0 Å². The summed E-state index contributed by atoms with van der Waals surface area (Å²) in [6.07, 6.45) is 0. The monoisotopic (exact) mass is 417 g/mol. The molecule has 0 bridgehead atoms. The van der Waals surface area contributed by atoms with Gasteiger partial charge in [0.2, 0.25) is 5.95 Å². The molecule has 0 fully saturated rings. The number of amides is 1. The Morgan fingerprint density at radius 2 is 1.93 bits per heavy atom. The Bertz CT molecular complexity index is 1050. The van der Waals surface area contributed by atoms with Crippen LogP contribution in [0.25, 0.3) is 11.3 Å². The predicted molar refractivity (Wildman–Crippen MR) is 106 cm³/mol. The summed E-state index contributed by atoms with van der Waals surface area (Å²) in [5.74, 6) is -0.0286. The van der Waals surface area contributed by atoms with E-state index in [4.69, 9.17) is 28.2 Å². The third-order valence-corrected chi connectivity index (χ3v) is 3.87. The summed E-state index contributed by atoms with van der Waals surface area (Å²) in [5.41, 5.74) is 1.19. The highest BCUT2D eigenvalue weighted by Gasteiger charge is 2.15. The van der Waals surface area contributed by atoms with Gasteiger partial charge in [0.1, 0.15) is 10.9 Å². The number of nitrogens with one attached hydrogen (secondary N) is 2. The van der Waals surface area contributed by atoms with Crippen molar-refractivity contribution in [3.8, 4) is 11.3 Å². The number of halogens is 1. The zero-order valence-electron chi connectivity index (χ0n) is 14.3. The van der Waals surface area contributed by atoms with Crippen molar-refractivity contribution in [3.05, 3.63) is 69.2 Å². The van der Waals surface area contributed by atoms with E-state index in [0.29, 0.717) is 17.0 Å². The van der Waals surface area contributed by atoms with Crippen LogP contribution in [0.15, 0.2) is 46.9 Å². The first-order valence-electron chi connectivity index (χ1n) is 7.80. The second-order valence-electron chi connectivity index (χ2n) is 5.53. The maximum atomic E-state index is 12.3. The van der Waals surface area contributed by atoms with Crippen molar-refractivity contribution < 1.29 is 14.1 Å². The number of hydrogen-bond donors (Lipinski definition) is 2. The van der Waals surface area contributed by atoms with Crippen LogP contribution in [0.3, 0.4) is 0 Å². The number of aromatic nitrogens is 2. The highest BCUT2D eigenvalue weighted by molar-refractivity contribution is 7.80. The molecular weight excluding hydrogens is 406 g/mol. The topological polar surface area (TPSA) is 123 Å². The van der Waals surface area contributed by atoms with Crippen LogP contribution in [-0.2, 0) is 0 Å². The number of carbonyl (C=O) groups is 1. The Morgan fingerprint density at radius 1 is 1.21 bits per heavy atom. The van der Waals surface area contributed by atoms with Crippen molar-refractivity contribution in [2.75, 3.05) is 5.32 Å². The molecule has 1 aromatic carbocycles. The van der Waals surface area contributed by atoms with Crippen molar-refractivity contribution in [3.63, 3.8) is 0 Å². The fraction of sp³-hybridized carbons (Fsp3) is 0.0588. The van der Waals surface area contributed by atoms with Gasteiger partial charge in [0, 0.05) is 23.4 Å². The van der Waals surface area contributed by atoms with Gasteiger partial charge in [0.05, 0.1) is 4.92 Å². The maximum absolute atomic E-state index is 12.3. The third kappa shape index (κ3) is 4.67. The fourth-order valence-corrected chi connectivity index (χ4v) is 2.67. The molecule has 2 N–H and O–H groups in total. The molecule has 9 nitrogen and oxygen atoms in total. The van der Waals surface area contributed by atoms with Crippen LogP contribution in [0.5, 0.6) is 0 Å². The lowest BCUT2D eigenvalue weighted by Crippen LogP contribution is -2.34. The molecule has 142 valence electrons. The van der Waals surface area contributed by atoms with E-state index in [2.05, 4.69) is 20.6 Å². The summed E-state index contributed by atoms with van der Waals surface area (Å²) < 4.78 is 5.50. The minimum Gasteiger partial charge on any atom is -0.451 e. The van der Waals surface area contributed by atoms with E-state index in [-0.39, 0.29) is 27.7 Å². The number of nitro groups is 1. The van der Waals surface area contributed by atoms with E-state index >= 15 is 0 Å². The van der Waals surface area contributed by atoms with Crippen molar-refractivity contribution in [2.24, 2.45) is 0 Å². The number of benzene rings is 1. The molecule has 0 unspecified atom stereocenters. The van der Waals surface area contributed by atoms with Crippen LogP contribution >= 0.6 is 23.8 Å². The molecule has 28 heavy (non-hydrogen) atoms. The second kappa shape index (κ2) is 8.11. The number of hydrogen-bond acceptors (Lipinski definition) is 7. The Balaban J connectivity index is 1.66. The fourth-order valence-electron chi connectivity index (χ4n) is 2.25.